The molecule has 8 heteroatoms. The van der Waals surface area contributed by atoms with Crippen LogP contribution in [-0.2, 0) is 6.42 Å². The Labute approximate surface area is 144 Å². The molecule has 1 aromatic carbocycles. The largest absolute Gasteiger partial charge is 0.490 e. The van der Waals surface area contributed by atoms with Gasteiger partial charge in [-0.15, -0.1) is 0 Å². The van der Waals surface area contributed by atoms with Gasteiger partial charge < -0.3 is 13.9 Å². The molecule has 0 fully saturated rings. The summed E-state index contributed by atoms with van der Waals surface area (Å²) in [7, 11) is 2.00. The second-order valence-corrected chi connectivity index (χ2v) is 5.51. The van der Waals surface area contributed by atoms with Gasteiger partial charge in [-0.1, -0.05) is 24.5 Å². The van der Waals surface area contributed by atoms with Crippen molar-refractivity contribution in [2.24, 2.45) is 0 Å². The molecule has 0 saturated heterocycles. The van der Waals surface area contributed by atoms with Crippen LogP contribution in [0.3, 0.4) is 0 Å². The first-order valence-corrected chi connectivity index (χ1v) is 7.96. The lowest BCUT2D eigenvalue weighted by Gasteiger charge is -2.08. The van der Waals surface area contributed by atoms with Crippen LogP contribution in [0.5, 0.6) is 11.8 Å². The van der Waals surface area contributed by atoms with Crippen molar-refractivity contribution in [2.75, 3.05) is 13.2 Å². The summed E-state index contributed by atoms with van der Waals surface area (Å²) >= 11 is 0. The first kappa shape index (κ1) is 16.8. The number of hydrogen-bond donors (Lipinski definition) is 1. The molecular formula is C17H17BN2O5. The standard InChI is InChI=1S/C17H17BN2O5/c1-2-10-9-13(21)25-16-14(10)15(22)19-17(20-16)24-8-7-23-12-5-3-11(18)4-6-12/h3-6,9H,2,7-8,18H2,1H3,(H,19,20,22). The Bertz CT molecular complexity index is 995. The van der Waals surface area contributed by atoms with Crippen LogP contribution in [0.1, 0.15) is 12.5 Å². The Hall–Kier alpha value is -3.03. The molecule has 25 heavy (non-hydrogen) atoms. The number of fused-ring (bicyclic) bond motifs is 1. The van der Waals surface area contributed by atoms with E-state index in [1.807, 2.05) is 39.0 Å². The van der Waals surface area contributed by atoms with Crippen LogP contribution < -0.4 is 26.1 Å². The number of nitrogens with zero attached hydrogens (tertiary/aromatic N) is 1. The van der Waals surface area contributed by atoms with Crippen molar-refractivity contribution in [1.82, 2.24) is 9.97 Å². The SMILES string of the molecule is Bc1ccc(OCCOc2nc3oc(=O)cc(CC)c3c(=O)[nH]2)cc1. The summed E-state index contributed by atoms with van der Waals surface area (Å²) < 4.78 is 16.0. The molecule has 3 aromatic rings. The van der Waals surface area contributed by atoms with Crippen LogP contribution >= 0.6 is 0 Å². The molecule has 0 amide bonds. The van der Waals surface area contributed by atoms with Crippen molar-refractivity contribution in [3.8, 4) is 11.8 Å². The Morgan fingerprint density at radius 2 is 1.88 bits per heavy atom. The van der Waals surface area contributed by atoms with Crippen LogP contribution in [0.25, 0.3) is 11.1 Å². The predicted molar refractivity (Wildman–Crippen MR) is 95.9 cm³/mol. The van der Waals surface area contributed by atoms with Crippen LogP contribution in [0.15, 0.2) is 44.3 Å². The smallest absolute Gasteiger partial charge is 0.337 e. The summed E-state index contributed by atoms with van der Waals surface area (Å²) in [6, 6.07) is 8.92. The van der Waals surface area contributed by atoms with Crippen molar-refractivity contribution in [3.63, 3.8) is 0 Å². The summed E-state index contributed by atoms with van der Waals surface area (Å²) in [6.45, 7) is 2.31. The fraction of sp³-hybridized carbons (Fsp3) is 0.235. The van der Waals surface area contributed by atoms with Crippen LogP contribution in [-0.4, -0.2) is 31.0 Å². The van der Waals surface area contributed by atoms with E-state index < -0.39 is 11.2 Å². The zero-order chi connectivity index (χ0) is 17.8. The van der Waals surface area contributed by atoms with E-state index >= 15 is 0 Å². The van der Waals surface area contributed by atoms with E-state index in [0.717, 1.165) is 11.2 Å². The third-order valence-electron chi connectivity index (χ3n) is 3.67. The minimum absolute atomic E-state index is 0.0126. The Morgan fingerprint density at radius 1 is 1.16 bits per heavy atom. The third kappa shape index (κ3) is 3.91. The zero-order valence-electron chi connectivity index (χ0n) is 14.0. The molecule has 0 saturated carbocycles. The molecule has 1 N–H and O–H groups in total. The number of ether oxygens (including phenoxy) is 2. The highest BCUT2D eigenvalue weighted by molar-refractivity contribution is 6.32. The molecule has 0 unspecified atom stereocenters. The van der Waals surface area contributed by atoms with Gasteiger partial charge in [0.15, 0.2) is 0 Å². The van der Waals surface area contributed by atoms with E-state index in [1.165, 1.54) is 6.07 Å². The Balaban J connectivity index is 1.70. The number of H-pyrrole nitrogens is 1. The lowest BCUT2D eigenvalue weighted by Crippen LogP contribution is -2.17. The molecule has 2 aromatic heterocycles. The van der Waals surface area contributed by atoms with E-state index in [-0.39, 0.29) is 30.3 Å². The van der Waals surface area contributed by atoms with Gasteiger partial charge in [0.25, 0.3) is 11.6 Å². The summed E-state index contributed by atoms with van der Waals surface area (Å²) in [4.78, 5) is 30.4. The average Bonchev–Trinajstić information content (AvgIpc) is 2.59. The molecule has 128 valence electrons. The highest BCUT2D eigenvalue weighted by atomic mass is 16.5. The minimum atomic E-state index is -0.545. The third-order valence-corrected chi connectivity index (χ3v) is 3.67. The topological polar surface area (TPSA) is 94.4 Å². The van der Waals surface area contributed by atoms with Crippen molar-refractivity contribution < 1.29 is 13.9 Å². The van der Waals surface area contributed by atoms with Crippen molar-refractivity contribution in [2.45, 2.75) is 13.3 Å². The van der Waals surface area contributed by atoms with Gasteiger partial charge in [-0.25, -0.2) is 4.79 Å². The zero-order valence-corrected chi connectivity index (χ0v) is 14.0. The lowest BCUT2D eigenvalue weighted by molar-refractivity contribution is 0.206. The summed E-state index contributed by atoms with van der Waals surface area (Å²) in [6.07, 6.45) is 0.525. The highest BCUT2D eigenvalue weighted by Gasteiger charge is 2.12. The van der Waals surface area contributed by atoms with E-state index in [9.17, 15) is 9.59 Å². The van der Waals surface area contributed by atoms with E-state index in [4.69, 9.17) is 13.9 Å². The predicted octanol–water partition coefficient (Wildman–Crippen LogP) is 0.155. The molecule has 0 atom stereocenters. The van der Waals surface area contributed by atoms with Crippen LogP contribution in [0.2, 0.25) is 0 Å². The molecular weight excluding hydrogens is 323 g/mol. The van der Waals surface area contributed by atoms with Gasteiger partial charge in [-0.2, -0.15) is 4.98 Å². The molecule has 0 aliphatic rings. The van der Waals surface area contributed by atoms with Crippen molar-refractivity contribution in [3.05, 3.63) is 56.7 Å². The number of aryl methyl sites for hydroxylation is 1. The van der Waals surface area contributed by atoms with Crippen LogP contribution in [0.4, 0.5) is 0 Å². The number of aromatic nitrogens is 2. The van der Waals surface area contributed by atoms with Gasteiger partial charge in [0, 0.05) is 6.07 Å². The van der Waals surface area contributed by atoms with Gasteiger partial charge in [-0.3, -0.25) is 9.78 Å². The first-order valence-electron chi connectivity index (χ1n) is 7.96. The second kappa shape index (κ2) is 7.25. The molecule has 0 aliphatic carbocycles. The molecule has 7 nitrogen and oxygen atoms in total. The van der Waals surface area contributed by atoms with E-state index in [1.54, 1.807) is 0 Å². The van der Waals surface area contributed by atoms with Crippen molar-refractivity contribution in [1.29, 1.82) is 0 Å². The monoisotopic (exact) mass is 340 g/mol. The highest BCUT2D eigenvalue weighted by Crippen LogP contribution is 2.13. The number of nitrogens with one attached hydrogen (secondary N) is 1. The molecule has 0 bridgehead atoms. The van der Waals surface area contributed by atoms with Gasteiger partial charge in [-0.05, 0) is 24.1 Å². The van der Waals surface area contributed by atoms with Gasteiger partial charge in [0.1, 0.15) is 32.2 Å². The minimum Gasteiger partial charge on any atom is -0.490 e. The number of hydrogen-bond acceptors (Lipinski definition) is 6. The first-order chi connectivity index (χ1) is 12.1. The normalized spacial score (nSPS) is 10.8. The Kier molecular flexibility index (Phi) is 4.88. The number of benzene rings is 1. The molecule has 0 radical (unpaired) electrons. The van der Waals surface area contributed by atoms with E-state index in [2.05, 4.69) is 9.97 Å². The van der Waals surface area contributed by atoms with Crippen LogP contribution in [0, 0.1) is 0 Å². The average molecular weight is 340 g/mol. The molecule has 0 aliphatic heterocycles. The van der Waals surface area contributed by atoms with Gasteiger partial charge in [0.2, 0.25) is 5.71 Å². The second-order valence-electron chi connectivity index (χ2n) is 5.51. The van der Waals surface area contributed by atoms with Gasteiger partial charge >= 0.3 is 5.63 Å². The summed E-state index contributed by atoms with van der Waals surface area (Å²) in [5.74, 6) is 0.729. The number of aromatic amines is 1. The molecule has 0 spiro atoms. The summed E-state index contributed by atoms with van der Waals surface area (Å²) in [5.41, 5.74) is 0.766. The van der Waals surface area contributed by atoms with E-state index in [0.29, 0.717) is 12.0 Å². The van der Waals surface area contributed by atoms with Gasteiger partial charge in [0.05, 0.1) is 0 Å². The molecule has 3 rings (SSSR count). The quantitative estimate of drug-likeness (QED) is 0.507. The number of rotatable bonds is 6. The Morgan fingerprint density at radius 3 is 2.60 bits per heavy atom. The lowest BCUT2D eigenvalue weighted by atomic mass is 9.97. The summed E-state index contributed by atoms with van der Waals surface area (Å²) in [5, 5.41) is 0.269. The maximum Gasteiger partial charge on any atom is 0.337 e. The maximum absolute atomic E-state index is 12.2. The molecule has 2 heterocycles. The fourth-order valence-electron chi connectivity index (χ4n) is 2.41. The fourth-order valence-corrected chi connectivity index (χ4v) is 2.41. The maximum atomic E-state index is 12.2. The van der Waals surface area contributed by atoms with Crippen molar-refractivity contribution >= 4 is 24.4 Å².